The number of nitrogens with zero attached hydrogens (tertiary/aromatic N) is 4. The maximum atomic E-state index is 12.5. The van der Waals surface area contributed by atoms with Gasteiger partial charge >= 0.3 is 0 Å². The van der Waals surface area contributed by atoms with Crippen LogP contribution >= 0.6 is 23.5 Å². The number of amides is 1. The van der Waals surface area contributed by atoms with Crippen molar-refractivity contribution in [3.8, 4) is 17.1 Å². The Morgan fingerprint density at radius 3 is 2.38 bits per heavy atom. The molecule has 0 spiro atoms. The van der Waals surface area contributed by atoms with Gasteiger partial charge in [-0.1, -0.05) is 41.7 Å². The van der Waals surface area contributed by atoms with Crippen LogP contribution in [0.4, 0.5) is 14.5 Å². The van der Waals surface area contributed by atoms with Crippen LogP contribution in [0.5, 0.6) is 0 Å². The minimum absolute atomic E-state index is 0.106. The lowest BCUT2D eigenvalue weighted by molar-refractivity contribution is -0.113. The van der Waals surface area contributed by atoms with Crippen molar-refractivity contribution in [3.63, 3.8) is 0 Å². The summed E-state index contributed by atoms with van der Waals surface area (Å²) in [5.74, 6) is -1.97. The van der Waals surface area contributed by atoms with Crippen LogP contribution < -0.4 is 5.32 Å². The zero-order chi connectivity index (χ0) is 22.3. The number of halogens is 2. The zero-order valence-electron chi connectivity index (χ0n) is 16.6. The van der Waals surface area contributed by atoms with Crippen LogP contribution in [-0.4, -0.2) is 37.2 Å². The molecule has 0 saturated heterocycles. The number of hydrogen-bond acceptors (Lipinski definition) is 6. The molecule has 0 fully saturated rings. The van der Waals surface area contributed by atoms with Crippen molar-refractivity contribution in [1.29, 1.82) is 0 Å². The summed E-state index contributed by atoms with van der Waals surface area (Å²) in [5.41, 5.74) is 2.27. The topological polar surface area (TPSA) is 72.7 Å². The smallest absolute Gasteiger partial charge is 0.288 e. The molecule has 2 aromatic heterocycles. The molecular formula is C22H17F2N5OS2. The maximum Gasteiger partial charge on any atom is 0.288 e. The molecule has 0 saturated carbocycles. The monoisotopic (exact) mass is 469 g/mol. The standard InChI is InChI=1S/C22H17F2N5OS2/c23-21(24)32-18-8-6-16(7-9-18)26-19(30)14-31-22-28-27-20(15-10-12-25-13-11-15)29(22)17-4-2-1-3-5-17/h1-13,21H,14H2,(H,26,30). The van der Waals surface area contributed by atoms with Gasteiger partial charge in [0.05, 0.1) is 5.75 Å². The Kier molecular flexibility index (Phi) is 7.13. The Hall–Kier alpha value is -3.24. The quantitative estimate of drug-likeness (QED) is 0.350. The van der Waals surface area contributed by atoms with Gasteiger partial charge in [-0.05, 0) is 48.5 Å². The molecule has 4 rings (SSSR count). The molecule has 2 aromatic carbocycles. The molecule has 4 aromatic rings. The van der Waals surface area contributed by atoms with Gasteiger partial charge in [0.25, 0.3) is 5.76 Å². The number of rotatable bonds is 8. The Morgan fingerprint density at radius 2 is 1.69 bits per heavy atom. The first-order valence-corrected chi connectivity index (χ1v) is 11.4. The van der Waals surface area contributed by atoms with Gasteiger partial charge < -0.3 is 5.32 Å². The van der Waals surface area contributed by atoms with E-state index in [1.165, 1.54) is 11.8 Å². The van der Waals surface area contributed by atoms with E-state index in [0.29, 0.717) is 33.3 Å². The first kappa shape index (κ1) is 22.0. The van der Waals surface area contributed by atoms with E-state index < -0.39 is 5.76 Å². The number of aromatic nitrogens is 4. The number of alkyl halides is 2. The zero-order valence-corrected chi connectivity index (χ0v) is 18.2. The summed E-state index contributed by atoms with van der Waals surface area (Å²) < 4.78 is 26.8. The molecule has 2 heterocycles. The van der Waals surface area contributed by atoms with Crippen LogP contribution in [-0.2, 0) is 4.79 Å². The highest BCUT2D eigenvalue weighted by Crippen LogP contribution is 2.28. The molecule has 0 unspecified atom stereocenters. The lowest BCUT2D eigenvalue weighted by Gasteiger charge is -2.10. The summed E-state index contributed by atoms with van der Waals surface area (Å²) in [6, 6.07) is 19.6. The van der Waals surface area contributed by atoms with Crippen LogP contribution in [0.3, 0.4) is 0 Å². The molecule has 0 atom stereocenters. The average molecular weight is 470 g/mol. The molecule has 32 heavy (non-hydrogen) atoms. The van der Waals surface area contributed by atoms with Gasteiger partial charge in [-0.25, -0.2) is 0 Å². The molecule has 0 bridgehead atoms. The third-order valence-corrected chi connectivity index (χ3v) is 5.93. The molecule has 162 valence electrons. The summed E-state index contributed by atoms with van der Waals surface area (Å²) in [4.78, 5) is 16.9. The van der Waals surface area contributed by atoms with E-state index in [4.69, 9.17) is 0 Å². The lowest BCUT2D eigenvalue weighted by atomic mass is 10.2. The molecule has 1 amide bonds. The van der Waals surface area contributed by atoms with Crippen molar-refractivity contribution in [2.45, 2.75) is 15.8 Å². The van der Waals surface area contributed by atoms with E-state index in [1.807, 2.05) is 47.0 Å². The number of carbonyl (C=O) groups is 1. The highest BCUT2D eigenvalue weighted by Gasteiger charge is 2.17. The van der Waals surface area contributed by atoms with Crippen molar-refractivity contribution < 1.29 is 13.6 Å². The second kappa shape index (κ2) is 10.4. The number of nitrogens with one attached hydrogen (secondary N) is 1. The molecule has 1 N–H and O–H groups in total. The van der Waals surface area contributed by atoms with Gasteiger partial charge in [0, 0.05) is 34.2 Å². The third-order valence-electron chi connectivity index (χ3n) is 4.28. The number of para-hydroxylation sites is 1. The van der Waals surface area contributed by atoms with Gasteiger partial charge in [0.15, 0.2) is 11.0 Å². The van der Waals surface area contributed by atoms with E-state index in [1.54, 1.807) is 36.7 Å². The fourth-order valence-electron chi connectivity index (χ4n) is 2.91. The van der Waals surface area contributed by atoms with Gasteiger partial charge in [0.2, 0.25) is 5.91 Å². The van der Waals surface area contributed by atoms with Crippen LogP contribution in [0.25, 0.3) is 17.1 Å². The number of carbonyl (C=O) groups excluding carboxylic acids is 1. The van der Waals surface area contributed by atoms with Crippen LogP contribution in [0.1, 0.15) is 0 Å². The SMILES string of the molecule is O=C(CSc1nnc(-c2ccncc2)n1-c1ccccc1)Nc1ccc(SC(F)F)cc1. The van der Waals surface area contributed by atoms with E-state index in [2.05, 4.69) is 20.5 Å². The minimum atomic E-state index is -2.48. The normalized spacial score (nSPS) is 11.0. The van der Waals surface area contributed by atoms with Gasteiger partial charge in [-0.3, -0.25) is 14.3 Å². The predicted octanol–water partition coefficient (Wildman–Crippen LogP) is 5.37. The Bertz CT molecular complexity index is 1170. The van der Waals surface area contributed by atoms with Gasteiger partial charge in [-0.2, -0.15) is 8.78 Å². The van der Waals surface area contributed by atoms with Crippen molar-refractivity contribution in [3.05, 3.63) is 79.1 Å². The number of benzene rings is 2. The van der Waals surface area contributed by atoms with Gasteiger partial charge in [0.1, 0.15) is 0 Å². The highest BCUT2D eigenvalue weighted by atomic mass is 32.2. The molecule has 0 aliphatic carbocycles. The molecule has 0 aliphatic rings. The van der Waals surface area contributed by atoms with Crippen molar-refractivity contribution in [2.24, 2.45) is 0 Å². The number of anilines is 1. The third kappa shape index (κ3) is 5.51. The molecule has 10 heteroatoms. The largest absolute Gasteiger partial charge is 0.325 e. The molecular weight excluding hydrogens is 452 g/mol. The molecule has 6 nitrogen and oxygen atoms in total. The minimum Gasteiger partial charge on any atom is -0.325 e. The summed E-state index contributed by atoms with van der Waals surface area (Å²) in [5, 5.41) is 12.0. The van der Waals surface area contributed by atoms with Crippen molar-refractivity contribution in [2.75, 3.05) is 11.1 Å². The van der Waals surface area contributed by atoms with E-state index >= 15 is 0 Å². The van der Waals surface area contributed by atoms with E-state index in [0.717, 1.165) is 11.3 Å². The Labute approximate surface area is 191 Å². The highest BCUT2D eigenvalue weighted by molar-refractivity contribution is 8.00. The fraction of sp³-hybridized carbons (Fsp3) is 0.0909. The average Bonchev–Trinajstić information content (AvgIpc) is 3.24. The van der Waals surface area contributed by atoms with Crippen LogP contribution in [0.15, 0.2) is 89.2 Å². The summed E-state index contributed by atoms with van der Waals surface area (Å²) in [7, 11) is 0. The molecule has 0 radical (unpaired) electrons. The second-order valence-corrected chi connectivity index (χ2v) is 8.46. The molecule has 0 aliphatic heterocycles. The first-order valence-electron chi connectivity index (χ1n) is 9.49. The van der Waals surface area contributed by atoms with Crippen molar-refractivity contribution >= 4 is 35.1 Å². The second-order valence-electron chi connectivity index (χ2n) is 6.45. The Morgan fingerprint density at radius 1 is 0.969 bits per heavy atom. The van der Waals surface area contributed by atoms with Crippen molar-refractivity contribution in [1.82, 2.24) is 19.7 Å². The lowest BCUT2D eigenvalue weighted by Crippen LogP contribution is -2.14. The predicted molar refractivity (Wildman–Crippen MR) is 122 cm³/mol. The maximum absolute atomic E-state index is 12.5. The van der Waals surface area contributed by atoms with E-state index in [9.17, 15) is 13.6 Å². The number of thioether (sulfide) groups is 2. The fourth-order valence-corrected chi connectivity index (χ4v) is 4.16. The van der Waals surface area contributed by atoms with Crippen LogP contribution in [0, 0.1) is 0 Å². The summed E-state index contributed by atoms with van der Waals surface area (Å²) >= 11 is 1.72. The number of hydrogen-bond donors (Lipinski definition) is 1. The Balaban J connectivity index is 1.48. The van der Waals surface area contributed by atoms with E-state index in [-0.39, 0.29) is 11.7 Å². The summed E-state index contributed by atoms with van der Waals surface area (Å²) in [6.07, 6.45) is 3.37. The van der Waals surface area contributed by atoms with Gasteiger partial charge in [-0.15, -0.1) is 10.2 Å². The summed E-state index contributed by atoms with van der Waals surface area (Å²) in [6.45, 7) is 0. The number of pyridine rings is 1. The van der Waals surface area contributed by atoms with Crippen LogP contribution in [0.2, 0.25) is 0 Å². The first-order chi connectivity index (χ1) is 15.6.